The van der Waals surface area contributed by atoms with E-state index in [9.17, 15) is 9.90 Å². The molecule has 0 aliphatic carbocycles. The van der Waals surface area contributed by atoms with Crippen molar-refractivity contribution in [3.8, 4) is 0 Å². The summed E-state index contributed by atoms with van der Waals surface area (Å²) >= 11 is 0. The largest absolute Gasteiger partial charge is 1.00 e. The van der Waals surface area contributed by atoms with Gasteiger partial charge in [-0.3, -0.25) is 0 Å². The molecule has 5 heteroatoms. The van der Waals surface area contributed by atoms with Gasteiger partial charge in [0, 0.05) is 12.5 Å². The van der Waals surface area contributed by atoms with Crippen LogP contribution in [0.4, 0.5) is 0 Å². The molecular formula is C9H19LiN2O2. The second kappa shape index (κ2) is 13.0. The molecule has 0 saturated heterocycles. The first-order chi connectivity index (χ1) is 6.27. The average molecular weight is 194 g/mol. The van der Waals surface area contributed by atoms with Crippen LogP contribution in [0.2, 0.25) is 0 Å². The summed E-state index contributed by atoms with van der Waals surface area (Å²) in [4.78, 5) is 10.0. The van der Waals surface area contributed by atoms with Crippen molar-refractivity contribution in [1.82, 2.24) is 5.32 Å². The van der Waals surface area contributed by atoms with Gasteiger partial charge >= 0.3 is 18.9 Å². The fourth-order valence-corrected chi connectivity index (χ4v) is 1.06. The van der Waals surface area contributed by atoms with Crippen LogP contribution in [-0.2, 0) is 4.79 Å². The van der Waals surface area contributed by atoms with E-state index in [-0.39, 0.29) is 25.3 Å². The Labute approximate surface area is 97.8 Å². The Hall–Kier alpha value is -0.0126. The first kappa shape index (κ1) is 16.4. The fourth-order valence-electron chi connectivity index (χ4n) is 1.06. The maximum absolute atomic E-state index is 10.0. The number of aliphatic carboxylic acids is 1. The minimum absolute atomic E-state index is 0. The van der Waals surface area contributed by atoms with Gasteiger partial charge in [-0.1, -0.05) is 12.8 Å². The van der Waals surface area contributed by atoms with Gasteiger partial charge in [0.25, 0.3) is 0 Å². The van der Waals surface area contributed by atoms with Gasteiger partial charge in [-0.2, -0.15) is 0 Å². The standard InChI is InChI=1S/C9H20N2O2.Li/c10-6-3-1-2-4-7-11-8-5-9(12)13;/h11H,1-8,10H2,(H,12,13);/q;+1/p-1. The van der Waals surface area contributed by atoms with E-state index in [2.05, 4.69) is 5.32 Å². The number of hydrogen-bond donors (Lipinski definition) is 2. The van der Waals surface area contributed by atoms with Gasteiger partial charge in [-0.15, -0.1) is 0 Å². The molecule has 0 aromatic rings. The summed E-state index contributed by atoms with van der Waals surface area (Å²) in [5.41, 5.74) is 5.34. The van der Waals surface area contributed by atoms with Crippen LogP contribution in [0.1, 0.15) is 32.1 Å². The predicted molar refractivity (Wildman–Crippen MR) is 50.0 cm³/mol. The zero-order chi connectivity index (χ0) is 9.94. The van der Waals surface area contributed by atoms with E-state index < -0.39 is 5.97 Å². The van der Waals surface area contributed by atoms with Crippen LogP contribution in [0.5, 0.6) is 0 Å². The molecule has 0 aliphatic rings. The molecule has 78 valence electrons. The summed E-state index contributed by atoms with van der Waals surface area (Å²) in [6.45, 7) is 2.16. The molecule has 0 spiro atoms. The number of carboxylic acids is 1. The Morgan fingerprint density at radius 1 is 1.14 bits per heavy atom. The van der Waals surface area contributed by atoms with E-state index in [0.717, 1.165) is 32.4 Å². The van der Waals surface area contributed by atoms with E-state index in [4.69, 9.17) is 5.73 Å². The van der Waals surface area contributed by atoms with E-state index in [0.29, 0.717) is 6.54 Å². The quantitative estimate of drug-likeness (QED) is 0.292. The van der Waals surface area contributed by atoms with Gasteiger partial charge in [0.1, 0.15) is 0 Å². The molecule has 3 N–H and O–H groups in total. The number of rotatable bonds is 9. The Bertz CT molecular complexity index is 134. The zero-order valence-corrected chi connectivity index (χ0v) is 9.05. The number of carbonyl (C=O) groups excluding carboxylic acids is 1. The van der Waals surface area contributed by atoms with Crippen molar-refractivity contribution < 1.29 is 28.8 Å². The van der Waals surface area contributed by atoms with Crippen molar-refractivity contribution in [3.63, 3.8) is 0 Å². The van der Waals surface area contributed by atoms with Crippen LogP contribution in [-0.4, -0.2) is 25.6 Å². The van der Waals surface area contributed by atoms with Crippen LogP contribution in [0.15, 0.2) is 0 Å². The summed E-state index contributed by atoms with van der Waals surface area (Å²) in [7, 11) is 0. The molecule has 0 saturated carbocycles. The van der Waals surface area contributed by atoms with Gasteiger partial charge in [0.15, 0.2) is 0 Å². The second-order valence-corrected chi connectivity index (χ2v) is 3.07. The molecule has 14 heavy (non-hydrogen) atoms. The summed E-state index contributed by atoms with van der Waals surface area (Å²) < 4.78 is 0. The molecule has 0 rings (SSSR count). The smallest absolute Gasteiger partial charge is 0.550 e. The first-order valence-corrected chi connectivity index (χ1v) is 4.88. The minimum Gasteiger partial charge on any atom is -0.550 e. The van der Waals surface area contributed by atoms with Crippen LogP contribution in [0, 0.1) is 0 Å². The molecule has 0 aromatic carbocycles. The summed E-state index contributed by atoms with van der Waals surface area (Å²) in [5.74, 6) is -0.990. The average Bonchev–Trinajstić information content (AvgIpc) is 2.09. The summed E-state index contributed by atoms with van der Waals surface area (Å²) in [5, 5.41) is 13.0. The Kier molecular flexibility index (Phi) is 15.2. The fraction of sp³-hybridized carbons (Fsp3) is 0.889. The van der Waals surface area contributed by atoms with Crippen LogP contribution >= 0.6 is 0 Å². The van der Waals surface area contributed by atoms with E-state index in [1.165, 1.54) is 6.42 Å². The van der Waals surface area contributed by atoms with Crippen LogP contribution in [0.3, 0.4) is 0 Å². The topological polar surface area (TPSA) is 78.2 Å². The minimum atomic E-state index is -0.990. The monoisotopic (exact) mass is 194 g/mol. The van der Waals surface area contributed by atoms with E-state index >= 15 is 0 Å². The molecule has 0 heterocycles. The molecule has 0 amide bonds. The molecule has 0 unspecified atom stereocenters. The Morgan fingerprint density at radius 3 is 2.36 bits per heavy atom. The van der Waals surface area contributed by atoms with Gasteiger partial charge in [0.2, 0.25) is 0 Å². The van der Waals surface area contributed by atoms with Crippen molar-refractivity contribution in [2.45, 2.75) is 32.1 Å². The Morgan fingerprint density at radius 2 is 1.79 bits per heavy atom. The molecule has 0 fully saturated rings. The number of nitrogens with two attached hydrogens (primary N) is 1. The number of unbranched alkanes of at least 4 members (excludes halogenated alkanes) is 3. The van der Waals surface area contributed by atoms with Gasteiger partial charge in [0.05, 0.1) is 0 Å². The van der Waals surface area contributed by atoms with Gasteiger partial charge in [-0.05, 0) is 32.4 Å². The van der Waals surface area contributed by atoms with Gasteiger partial charge in [-0.25, -0.2) is 0 Å². The van der Waals surface area contributed by atoms with Crippen molar-refractivity contribution in [3.05, 3.63) is 0 Å². The number of carbonyl (C=O) groups is 1. The first-order valence-electron chi connectivity index (χ1n) is 4.88. The summed E-state index contributed by atoms with van der Waals surface area (Å²) in [6, 6.07) is 0. The van der Waals surface area contributed by atoms with Crippen molar-refractivity contribution >= 4 is 5.97 Å². The van der Waals surface area contributed by atoms with Crippen molar-refractivity contribution in [2.24, 2.45) is 5.73 Å². The maximum Gasteiger partial charge on any atom is 1.00 e. The third-order valence-electron chi connectivity index (χ3n) is 1.81. The maximum atomic E-state index is 10.0. The van der Waals surface area contributed by atoms with Gasteiger partial charge < -0.3 is 21.0 Å². The summed E-state index contributed by atoms with van der Waals surface area (Å²) in [6.07, 6.45) is 4.60. The SMILES string of the molecule is NCCCCCCNCCC(=O)[O-].[Li+]. The second-order valence-electron chi connectivity index (χ2n) is 3.07. The number of carboxylic acid groups (broad SMARTS) is 1. The molecule has 0 bridgehead atoms. The van der Waals surface area contributed by atoms with Crippen molar-refractivity contribution in [1.29, 1.82) is 0 Å². The molecular weight excluding hydrogens is 175 g/mol. The molecule has 0 atom stereocenters. The predicted octanol–water partition coefficient (Wildman–Crippen LogP) is -3.76. The normalized spacial score (nSPS) is 9.50. The van der Waals surface area contributed by atoms with Crippen LogP contribution < -0.4 is 35.0 Å². The Balaban J connectivity index is 0. The number of hydrogen-bond acceptors (Lipinski definition) is 4. The molecule has 0 aromatic heterocycles. The third-order valence-corrected chi connectivity index (χ3v) is 1.81. The van der Waals surface area contributed by atoms with E-state index in [1.807, 2.05) is 0 Å². The number of nitrogens with one attached hydrogen (secondary N) is 1. The van der Waals surface area contributed by atoms with Crippen LogP contribution in [0.25, 0.3) is 0 Å². The zero-order valence-electron chi connectivity index (χ0n) is 9.05. The molecule has 0 radical (unpaired) electrons. The molecule has 4 nitrogen and oxygen atoms in total. The van der Waals surface area contributed by atoms with E-state index in [1.54, 1.807) is 0 Å². The third kappa shape index (κ3) is 14.5. The molecule has 0 aliphatic heterocycles. The van der Waals surface area contributed by atoms with Crippen molar-refractivity contribution in [2.75, 3.05) is 19.6 Å².